The Balaban J connectivity index is 1.48. The van der Waals surface area contributed by atoms with E-state index >= 15 is 0 Å². The van der Waals surface area contributed by atoms with Gasteiger partial charge in [0.2, 0.25) is 0 Å². The van der Waals surface area contributed by atoms with Gasteiger partial charge in [0.15, 0.2) is 0 Å². The molecule has 0 aromatic heterocycles. The van der Waals surface area contributed by atoms with E-state index < -0.39 is 0 Å². The molecule has 0 aliphatic rings. The Kier molecular flexibility index (Phi) is 9.62. The third-order valence-electron chi connectivity index (χ3n) is 4.44. The minimum atomic E-state index is -0.273. The molecule has 0 unspecified atom stereocenters. The number of unbranched alkanes of at least 4 members (excludes halogenated alkanes) is 5. The Labute approximate surface area is 176 Å². The molecule has 0 heterocycles. The first-order chi connectivity index (χ1) is 14.6. The highest BCUT2D eigenvalue weighted by Gasteiger charge is 2.06. The number of carbonyl (C=O) groups is 2. The fourth-order valence-corrected chi connectivity index (χ4v) is 2.81. The molecule has 0 bridgehead atoms. The van der Waals surface area contributed by atoms with E-state index in [2.05, 4.69) is 0 Å². The molecule has 0 radical (unpaired) electrons. The standard InChI is InChI=1S/C24H24N2O4/c25-17-19-9-13-21(14-10-19)29-23(27)7-5-3-1-2-4-6-8-24(28)30-22-15-11-20(18-26)12-16-22/h9-16H,1-8H2. The average molecular weight is 404 g/mol. The Morgan fingerprint density at radius 3 is 1.27 bits per heavy atom. The zero-order valence-electron chi connectivity index (χ0n) is 16.8. The summed E-state index contributed by atoms with van der Waals surface area (Å²) in [5.74, 6) is 0.356. The summed E-state index contributed by atoms with van der Waals surface area (Å²) in [7, 11) is 0. The van der Waals surface area contributed by atoms with Crippen LogP contribution in [0.1, 0.15) is 62.5 Å². The lowest BCUT2D eigenvalue weighted by Crippen LogP contribution is -2.07. The first kappa shape index (κ1) is 22.6. The Hall–Kier alpha value is -3.64. The van der Waals surface area contributed by atoms with Crippen LogP contribution >= 0.6 is 0 Å². The summed E-state index contributed by atoms with van der Waals surface area (Å²) in [4.78, 5) is 23.6. The van der Waals surface area contributed by atoms with Gasteiger partial charge in [0, 0.05) is 12.8 Å². The third kappa shape index (κ3) is 8.58. The van der Waals surface area contributed by atoms with Gasteiger partial charge in [-0.2, -0.15) is 10.5 Å². The van der Waals surface area contributed by atoms with Crippen LogP contribution in [-0.4, -0.2) is 11.9 Å². The van der Waals surface area contributed by atoms with Crippen LogP contribution in [0.5, 0.6) is 11.5 Å². The molecule has 6 nitrogen and oxygen atoms in total. The van der Waals surface area contributed by atoms with Crippen molar-refractivity contribution in [2.75, 3.05) is 0 Å². The highest BCUT2D eigenvalue weighted by Crippen LogP contribution is 2.15. The number of carbonyl (C=O) groups excluding carboxylic acids is 2. The molecule has 0 spiro atoms. The molecule has 0 aliphatic heterocycles. The molecule has 2 aromatic rings. The van der Waals surface area contributed by atoms with Crippen LogP contribution in [0.15, 0.2) is 48.5 Å². The van der Waals surface area contributed by atoms with Gasteiger partial charge in [0.25, 0.3) is 0 Å². The van der Waals surface area contributed by atoms with Crippen LogP contribution in [0.25, 0.3) is 0 Å². The van der Waals surface area contributed by atoms with E-state index in [9.17, 15) is 9.59 Å². The fraction of sp³-hybridized carbons (Fsp3) is 0.333. The summed E-state index contributed by atoms with van der Waals surface area (Å²) in [6, 6.07) is 16.9. The third-order valence-corrected chi connectivity index (χ3v) is 4.44. The summed E-state index contributed by atoms with van der Waals surface area (Å²) in [6.45, 7) is 0. The number of benzene rings is 2. The summed E-state index contributed by atoms with van der Waals surface area (Å²) in [6.07, 6.45) is 6.08. The van der Waals surface area contributed by atoms with Gasteiger partial charge in [-0.1, -0.05) is 25.7 Å². The quantitative estimate of drug-likeness (QED) is 0.295. The zero-order valence-corrected chi connectivity index (χ0v) is 16.8. The molecule has 154 valence electrons. The highest BCUT2D eigenvalue weighted by molar-refractivity contribution is 5.72. The zero-order chi connectivity index (χ0) is 21.6. The van der Waals surface area contributed by atoms with Crippen LogP contribution < -0.4 is 9.47 Å². The smallest absolute Gasteiger partial charge is 0.311 e. The van der Waals surface area contributed by atoms with Gasteiger partial charge < -0.3 is 9.47 Å². The van der Waals surface area contributed by atoms with E-state index in [1.54, 1.807) is 48.5 Å². The maximum absolute atomic E-state index is 11.8. The molecule has 0 atom stereocenters. The maximum atomic E-state index is 11.8. The van der Waals surface area contributed by atoms with E-state index in [1.807, 2.05) is 12.1 Å². The lowest BCUT2D eigenvalue weighted by molar-refractivity contribution is -0.135. The number of esters is 2. The predicted molar refractivity (Wildman–Crippen MR) is 111 cm³/mol. The van der Waals surface area contributed by atoms with E-state index in [4.69, 9.17) is 20.0 Å². The molecule has 0 saturated carbocycles. The van der Waals surface area contributed by atoms with Crippen molar-refractivity contribution in [1.29, 1.82) is 10.5 Å². The lowest BCUT2D eigenvalue weighted by Gasteiger charge is -2.05. The second-order valence-electron chi connectivity index (χ2n) is 6.84. The van der Waals surface area contributed by atoms with Crippen molar-refractivity contribution in [1.82, 2.24) is 0 Å². The van der Waals surface area contributed by atoms with Crippen LogP contribution in [0.2, 0.25) is 0 Å². The fourth-order valence-electron chi connectivity index (χ4n) is 2.81. The summed E-state index contributed by atoms with van der Waals surface area (Å²) >= 11 is 0. The van der Waals surface area contributed by atoms with Crippen molar-refractivity contribution in [3.8, 4) is 23.6 Å². The number of hydrogen-bond donors (Lipinski definition) is 0. The Bertz CT molecular complexity index is 829. The molecular formula is C24H24N2O4. The molecule has 2 rings (SSSR count). The molecule has 2 aromatic carbocycles. The number of hydrogen-bond acceptors (Lipinski definition) is 6. The van der Waals surface area contributed by atoms with Gasteiger partial charge in [0.05, 0.1) is 23.3 Å². The molecular weight excluding hydrogens is 380 g/mol. The average Bonchev–Trinajstić information content (AvgIpc) is 2.76. The van der Waals surface area contributed by atoms with Crippen molar-refractivity contribution in [3.05, 3.63) is 59.7 Å². The number of nitriles is 2. The maximum Gasteiger partial charge on any atom is 0.311 e. The predicted octanol–water partition coefficient (Wildman–Crippen LogP) is 5.06. The van der Waals surface area contributed by atoms with Crippen LogP contribution in [0.4, 0.5) is 0 Å². The van der Waals surface area contributed by atoms with E-state index in [1.165, 1.54) is 0 Å². The van der Waals surface area contributed by atoms with Crippen molar-refractivity contribution in [2.45, 2.75) is 51.4 Å². The summed E-state index contributed by atoms with van der Waals surface area (Å²) in [5.41, 5.74) is 1.05. The minimum absolute atomic E-state index is 0.273. The Morgan fingerprint density at radius 1 is 0.600 bits per heavy atom. The van der Waals surface area contributed by atoms with Gasteiger partial charge in [-0.3, -0.25) is 9.59 Å². The number of nitrogens with zero attached hydrogens (tertiary/aromatic N) is 2. The first-order valence-electron chi connectivity index (χ1n) is 10.0. The van der Waals surface area contributed by atoms with Crippen molar-refractivity contribution in [2.24, 2.45) is 0 Å². The number of ether oxygens (including phenoxy) is 2. The van der Waals surface area contributed by atoms with Crippen LogP contribution in [-0.2, 0) is 9.59 Å². The van der Waals surface area contributed by atoms with Crippen LogP contribution in [0, 0.1) is 22.7 Å². The van der Waals surface area contributed by atoms with Crippen molar-refractivity contribution >= 4 is 11.9 Å². The van der Waals surface area contributed by atoms with Gasteiger partial charge in [0.1, 0.15) is 11.5 Å². The van der Waals surface area contributed by atoms with E-state index in [0.29, 0.717) is 35.5 Å². The van der Waals surface area contributed by atoms with E-state index in [-0.39, 0.29) is 11.9 Å². The molecule has 6 heteroatoms. The van der Waals surface area contributed by atoms with Gasteiger partial charge in [-0.15, -0.1) is 0 Å². The van der Waals surface area contributed by atoms with Crippen molar-refractivity contribution in [3.63, 3.8) is 0 Å². The van der Waals surface area contributed by atoms with Gasteiger partial charge in [-0.25, -0.2) is 0 Å². The summed E-state index contributed by atoms with van der Waals surface area (Å²) in [5, 5.41) is 17.5. The van der Waals surface area contributed by atoms with Crippen molar-refractivity contribution < 1.29 is 19.1 Å². The van der Waals surface area contributed by atoms with Crippen LogP contribution in [0.3, 0.4) is 0 Å². The van der Waals surface area contributed by atoms with Gasteiger partial charge in [-0.05, 0) is 61.4 Å². The lowest BCUT2D eigenvalue weighted by atomic mass is 10.1. The van der Waals surface area contributed by atoms with Gasteiger partial charge >= 0.3 is 11.9 Å². The minimum Gasteiger partial charge on any atom is -0.427 e. The molecule has 0 N–H and O–H groups in total. The SMILES string of the molecule is N#Cc1ccc(OC(=O)CCCCCCCCC(=O)Oc2ccc(C#N)cc2)cc1. The first-order valence-corrected chi connectivity index (χ1v) is 10.0. The largest absolute Gasteiger partial charge is 0.427 e. The normalized spacial score (nSPS) is 9.93. The Morgan fingerprint density at radius 2 is 0.933 bits per heavy atom. The molecule has 0 saturated heterocycles. The number of rotatable bonds is 11. The summed E-state index contributed by atoms with van der Waals surface area (Å²) < 4.78 is 10.5. The second kappa shape index (κ2) is 12.7. The topological polar surface area (TPSA) is 100 Å². The molecule has 0 aliphatic carbocycles. The van der Waals surface area contributed by atoms with E-state index in [0.717, 1.165) is 38.5 Å². The molecule has 30 heavy (non-hydrogen) atoms. The monoisotopic (exact) mass is 404 g/mol. The second-order valence-corrected chi connectivity index (χ2v) is 6.84. The molecule has 0 amide bonds. The molecule has 0 fully saturated rings. The highest BCUT2D eigenvalue weighted by atomic mass is 16.5.